The number of benzene rings is 1. The molecule has 0 spiro atoms. The van der Waals surface area contributed by atoms with Crippen LogP contribution in [0, 0.1) is 0 Å². The van der Waals surface area contributed by atoms with Crippen molar-refractivity contribution in [2.75, 3.05) is 19.7 Å². The largest absolute Gasteiger partial charge is 0.493 e. The van der Waals surface area contributed by atoms with Crippen molar-refractivity contribution >= 4 is 11.8 Å². The number of amides is 2. The van der Waals surface area contributed by atoms with E-state index in [4.69, 9.17) is 4.74 Å². The van der Waals surface area contributed by atoms with Gasteiger partial charge in [-0.1, -0.05) is 18.2 Å². The molecule has 6 nitrogen and oxygen atoms in total. The van der Waals surface area contributed by atoms with Gasteiger partial charge < -0.3 is 15.0 Å². The Morgan fingerprint density at radius 3 is 2.52 bits per heavy atom. The molecule has 2 rings (SSSR count). The number of hydrogen-bond donors (Lipinski definition) is 1. The van der Waals surface area contributed by atoms with Gasteiger partial charge in [-0.2, -0.15) is 0 Å². The van der Waals surface area contributed by atoms with Gasteiger partial charge in [0.25, 0.3) is 0 Å². The van der Waals surface area contributed by atoms with Gasteiger partial charge in [0.15, 0.2) is 0 Å². The lowest BCUT2D eigenvalue weighted by Gasteiger charge is -2.21. The number of hydrogen-bond acceptors (Lipinski definition) is 4. The molecule has 0 aliphatic carbocycles. The van der Waals surface area contributed by atoms with Gasteiger partial charge in [-0.15, -0.1) is 0 Å². The highest BCUT2D eigenvalue weighted by atomic mass is 16.5. The van der Waals surface area contributed by atoms with Crippen molar-refractivity contribution in [2.45, 2.75) is 19.9 Å². The Morgan fingerprint density at radius 2 is 1.84 bits per heavy atom. The molecule has 1 N–H and O–H groups in total. The molecule has 0 fully saturated rings. The van der Waals surface area contributed by atoms with E-state index in [1.165, 1.54) is 6.92 Å². The van der Waals surface area contributed by atoms with Gasteiger partial charge in [0.2, 0.25) is 11.8 Å². The monoisotopic (exact) mass is 341 g/mol. The van der Waals surface area contributed by atoms with E-state index in [0.29, 0.717) is 26.2 Å². The third-order valence-electron chi connectivity index (χ3n) is 3.61. The number of ether oxygens (including phenoxy) is 1. The second-order valence-electron chi connectivity index (χ2n) is 5.56. The van der Waals surface area contributed by atoms with E-state index in [1.54, 1.807) is 17.3 Å². The summed E-state index contributed by atoms with van der Waals surface area (Å²) in [5.41, 5.74) is 1.01. The van der Waals surface area contributed by atoms with Gasteiger partial charge in [-0.3, -0.25) is 14.6 Å². The summed E-state index contributed by atoms with van der Waals surface area (Å²) < 4.78 is 5.49. The van der Waals surface area contributed by atoms with Crippen molar-refractivity contribution in [3.05, 3.63) is 60.4 Å². The first-order valence-electron chi connectivity index (χ1n) is 8.24. The summed E-state index contributed by atoms with van der Waals surface area (Å²) in [6.45, 7) is 3.22. The molecule has 132 valence electrons. The lowest BCUT2D eigenvalue weighted by Crippen LogP contribution is -2.37. The SMILES string of the molecule is CC(=O)N(CCNC(=O)CCOc1ccccc1)Cc1ccncc1. The van der Waals surface area contributed by atoms with Crippen LogP contribution >= 0.6 is 0 Å². The lowest BCUT2D eigenvalue weighted by atomic mass is 10.2. The fourth-order valence-electron chi connectivity index (χ4n) is 2.25. The third kappa shape index (κ3) is 7.03. The first-order chi connectivity index (χ1) is 12.1. The first kappa shape index (κ1) is 18.4. The first-order valence-corrected chi connectivity index (χ1v) is 8.24. The molecule has 1 aromatic carbocycles. The molecule has 0 aliphatic rings. The Balaban J connectivity index is 1.66. The van der Waals surface area contributed by atoms with Crippen LogP contribution in [-0.4, -0.2) is 41.4 Å². The Hall–Kier alpha value is -2.89. The van der Waals surface area contributed by atoms with Crippen LogP contribution in [0.1, 0.15) is 18.9 Å². The topological polar surface area (TPSA) is 71.5 Å². The Labute approximate surface area is 147 Å². The molecule has 0 saturated heterocycles. The lowest BCUT2D eigenvalue weighted by molar-refractivity contribution is -0.130. The highest BCUT2D eigenvalue weighted by Crippen LogP contribution is 2.08. The zero-order chi connectivity index (χ0) is 17.9. The van der Waals surface area contributed by atoms with Crippen LogP contribution in [0.4, 0.5) is 0 Å². The summed E-state index contributed by atoms with van der Waals surface area (Å²) in [6, 6.07) is 13.1. The van der Waals surface area contributed by atoms with Gasteiger partial charge in [0.1, 0.15) is 5.75 Å². The number of nitrogens with zero attached hydrogens (tertiary/aromatic N) is 2. The standard InChI is InChI=1S/C19H23N3O3/c1-16(23)22(15-17-7-10-20-11-8-17)13-12-21-19(24)9-14-25-18-5-3-2-4-6-18/h2-8,10-11H,9,12-15H2,1H3,(H,21,24). The van der Waals surface area contributed by atoms with E-state index in [2.05, 4.69) is 10.3 Å². The predicted octanol–water partition coefficient (Wildman–Crippen LogP) is 2.02. The molecule has 1 aromatic heterocycles. The fraction of sp³-hybridized carbons (Fsp3) is 0.316. The van der Waals surface area contributed by atoms with Gasteiger partial charge in [-0.05, 0) is 29.8 Å². The normalized spacial score (nSPS) is 10.1. The Morgan fingerprint density at radius 1 is 1.12 bits per heavy atom. The van der Waals surface area contributed by atoms with Crippen molar-refractivity contribution in [1.82, 2.24) is 15.2 Å². The van der Waals surface area contributed by atoms with Crippen molar-refractivity contribution in [3.8, 4) is 5.75 Å². The second-order valence-corrected chi connectivity index (χ2v) is 5.56. The second kappa shape index (κ2) is 10.1. The maximum Gasteiger partial charge on any atom is 0.223 e. The molecule has 2 amide bonds. The van der Waals surface area contributed by atoms with E-state index >= 15 is 0 Å². The number of rotatable bonds is 9. The molecule has 0 aliphatic heterocycles. The highest BCUT2D eigenvalue weighted by Gasteiger charge is 2.10. The molecule has 0 bridgehead atoms. The minimum absolute atomic E-state index is 0.0292. The Kier molecular flexibility index (Phi) is 7.43. The van der Waals surface area contributed by atoms with Gasteiger partial charge >= 0.3 is 0 Å². The van der Waals surface area contributed by atoms with Gasteiger partial charge in [0, 0.05) is 39.0 Å². The molecule has 6 heteroatoms. The average Bonchev–Trinajstić information content (AvgIpc) is 2.62. The van der Waals surface area contributed by atoms with Crippen LogP contribution in [-0.2, 0) is 16.1 Å². The highest BCUT2D eigenvalue weighted by molar-refractivity contribution is 5.76. The average molecular weight is 341 g/mol. The fourth-order valence-corrected chi connectivity index (χ4v) is 2.25. The number of para-hydroxylation sites is 1. The summed E-state index contributed by atoms with van der Waals surface area (Å²) in [7, 11) is 0. The van der Waals surface area contributed by atoms with Crippen molar-refractivity contribution in [1.29, 1.82) is 0 Å². The van der Waals surface area contributed by atoms with Crippen LogP contribution in [0.5, 0.6) is 5.75 Å². The maximum atomic E-state index is 11.8. The minimum atomic E-state index is -0.0941. The zero-order valence-electron chi connectivity index (χ0n) is 14.4. The molecule has 0 atom stereocenters. The van der Waals surface area contributed by atoms with Gasteiger partial charge in [-0.25, -0.2) is 0 Å². The summed E-state index contributed by atoms with van der Waals surface area (Å²) >= 11 is 0. The Bertz CT molecular complexity index is 662. The smallest absolute Gasteiger partial charge is 0.223 e. The van der Waals surface area contributed by atoms with Crippen molar-refractivity contribution in [3.63, 3.8) is 0 Å². The molecular formula is C19H23N3O3. The van der Waals surface area contributed by atoms with Crippen LogP contribution in [0.25, 0.3) is 0 Å². The number of pyridine rings is 1. The van der Waals surface area contributed by atoms with Crippen molar-refractivity contribution in [2.24, 2.45) is 0 Å². The molecule has 0 saturated carbocycles. The number of carbonyl (C=O) groups is 2. The van der Waals surface area contributed by atoms with E-state index in [1.807, 2.05) is 42.5 Å². The summed E-state index contributed by atoms with van der Waals surface area (Å²) in [5.74, 6) is 0.622. The summed E-state index contributed by atoms with van der Waals surface area (Å²) in [5, 5.41) is 2.81. The quantitative estimate of drug-likeness (QED) is 0.757. The summed E-state index contributed by atoms with van der Waals surface area (Å²) in [4.78, 5) is 29.2. The van der Waals surface area contributed by atoms with Crippen LogP contribution in [0.3, 0.4) is 0 Å². The van der Waals surface area contributed by atoms with Gasteiger partial charge in [0.05, 0.1) is 13.0 Å². The minimum Gasteiger partial charge on any atom is -0.493 e. The molecule has 1 heterocycles. The van der Waals surface area contributed by atoms with Crippen LogP contribution < -0.4 is 10.1 Å². The molecule has 0 radical (unpaired) electrons. The maximum absolute atomic E-state index is 11.8. The van der Waals surface area contributed by atoms with Crippen LogP contribution in [0.2, 0.25) is 0 Å². The van der Waals surface area contributed by atoms with Crippen molar-refractivity contribution < 1.29 is 14.3 Å². The number of nitrogens with one attached hydrogen (secondary N) is 1. The van der Waals surface area contributed by atoms with Crippen LogP contribution in [0.15, 0.2) is 54.9 Å². The molecule has 0 unspecified atom stereocenters. The summed E-state index contributed by atoms with van der Waals surface area (Å²) in [6.07, 6.45) is 3.67. The van der Waals surface area contributed by atoms with E-state index in [0.717, 1.165) is 11.3 Å². The van der Waals surface area contributed by atoms with E-state index < -0.39 is 0 Å². The number of carbonyl (C=O) groups excluding carboxylic acids is 2. The predicted molar refractivity (Wildman–Crippen MR) is 94.9 cm³/mol. The molecule has 25 heavy (non-hydrogen) atoms. The number of aromatic nitrogens is 1. The van der Waals surface area contributed by atoms with E-state index in [-0.39, 0.29) is 18.2 Å². The zero-order valence-corrected chi connectivity index (χ0v) is 14.4. The molecule has 2 aromatic rings. The van der Waals surface area contributed by atoms with E-state index in [9.17, 15) is 9.59 Å². The molecular weight excluding hydrogens is 318 g/mol. The third-order valence-corrected chi connectivity index (χ3v) is 3.61.